The second-order valence-electron chi connectivity index (χ2n) is 5.89. The number of piperidine rings is 1. The van der Waals surface area contributed by atoms with Crippen molar-refractivity contribution in [1.29, 1.82) is 0 Å². The average Bonchev–Trinajstić information content (AvgIpc) is 3.20. The molecule has 2 rings (SSSR count). The summed E-state index contributed by atoms with van der Waals surface area (Å²) >= 11 is 0. The third-order valence-corrected chi connectivity index (χ3v) is 4.11. The lowest BCUT2D eigenvalue weighted by Crippen LogP contribution is -2.53. The van der Waals surface area contributed by atoms with Crippen LogP contribution in [0.1, 0.15) is 45.4 Å². The number of hydrogen-bond acceptors (Lipinski definition) is 4. The van der Waals surface area contributed by atoms with Crippen molar-refractivity contribution in [1.82, 2.24) is 10.2 Å². The van der Waals surface area contributed by atoms with Gasteiger partial charge in [0.25, 0.3) is 0 Å². The topological polar surface area (TPSA) is 41.6 Å². The number of esters is 1. The predicted molar refractivity (Wildman–Crippen MR) is 71.5 cm³/mol. The molecule has 0 aromatic heterocycles. The zero-order valence-corrected chi connectivity index (χ0v) is 11.7. The number of methoxy groups -OCH3 is 1. The molecule has 1 saturated heterocycles. The minimum absolute atomic E-state index is 0.119. The van der Waals surface area contributed by atoms with E-state index in [0.717, 1.165) is 13.0 Å². The standard InChI is InChI=1S/C14H26N2O2/c1-14(13(17)18-2,15-12-6-7-12)8-11-16-9-4-3-5-10-16/h12,15H,3-11H2,1-2H3. The van der Waals surface area contributed by atoms with Crippen LogP contribution in [0.5, 0.6) is 0 Å². The summed E-state index contributed by atoms with van der Waals surface area (Å²) in [5.41, 5.74) is -0.507. The third-order valence-electron chi connectivity index (χ3n) is 4.11. The molecule has 1 saturated carbocycles. The van der Waals surface area contributed by atoms with Gasteiger partial charge in [-0.15, -0.1) is 0 Å². The molecule has 2 fully saturated rings. The van der Waals surface area contributed by atoms with Gasteiger partial charge < -0.3 is 9.64 Å². The van der Waals surface area contributed by atoms with Gasteiger partial charge in [0.15, 0.2) is 0 Å². The molecule has 0 aromatic carbocycles. The fourth-order valence-electron chi connectivity index (χ4n) is 2.70. The second-order valence-corrected chi connectivity index (χ2v) is 5.89. The fraction of sp³-hybridized carbons (Fsp3) is 0.929. The minimum Gasteiger partial charge on any atom is -0.468 e. The van der Waals surface area contributed by atoms with Crippen molar-refractivity contribution >= 4 is 5.97 Å². The zero-order chi connectivity index (χ0) is 13.0. The lowest BCUT2D eigenvalue weighted by atomic mass is 9.96. The number of nitrogens with one attached hydrogen (secondary N) is 1. The molecule has 104 valence electrons. The molecule has 4 heteroatoms. The Balaban J connectivity index is 1.85. The minimum atomic E-state index is -0.507. The van der Waals surface area contributed by atoms with Crippen LogP contribution in [0.15, 0.2) is 0 Å². The fourth-order valence-corrected chi connectivity index (χ4v) is 2.70. The number of carbonyl (C=O) groups excluding carboxylic acids is 1. The Labute approximate surface area is 110 Å². The Bertz CT molecular complexity index is 286. The maximum absolute atomic E-state index is 12.0. The van der Waals surface area contributed by atoms with E-state index in [1.165, 1.54) is 52.3 Å². The quantitative estimate of drug-likeness (QED) is 0.730. The Morgan fingerprint density at radius 2 is 2.00 bits per heavy atom. The summed E-state index contributed by atoms with van der Waals surface area (Å²) in [6.45, 7) is 5.34. The van der Waals surface area contributed by atoms with Crippen LogP contribution in [0, 0.1) is 0 Å². The molecule has 1 heterocycles. The SMILES string of the molecule is COC(=O)C(C)(CCN1CCCCC1)NC1CC1. The van der Waals surface area contributed by atoms with Crippen molar-refractivity contribution in [3.05, 3.63) is 0 Å². The Morgan fingerprint density at radius 3 is 2.56 bits per heavy atom. The summed E-state index contributed by atoms with van der Waals surface area (Å²) in [4.78, 5) is 14.4. The largest absolute Gasteiger partial charge is 0.468 e. The number of carbonyl (C=O) groups is 1. The molecule has 4 nitrogen and oxygen atoms in total. The van der Waals surface area contributed by atoms with E-state index in [9.17, 15) is 4.79 Å². The van der Waals surface area contributed by atoms with E-state index in [-0.39, 0.29) is 5.97 Å². The highest BCUT2D eigenvalue weighted by Crippen LogP contribution is 2.25. The van der Waals surface area contributed by atoms with Crippen LogP contribution in [0.3, 0.4) is 0 Å². The first-order valence-corrected chi connectivity index (χ1v) is 7.22. The molecular formula is C14H26N2O2. The van der Waals surface area contributed by atoms with E-state index < -0.39 is 5.54 Å². The molecule has 0 aromatic rings. The van der Waals surface area contributed by atoms with Gasteiger partial charge in [-0.2, -0.15) is 0 Å². The summed E-state index contributed by atoms with van der Waals surface area (Å²) in [6, 6.07) is 0.524. The lowest BCUT2D eigenvalue weighted by molar-refractivity contribution is -0.148. The highest BCUT2D eigenvalue weighted by molar-refractivity contribution is 5.80. The van der Waals surface area contributed by atoms with Gasteiger partial charge in [-0.3, -0.25) is 10.1 Å². The van der Waals surface area contributed by atoms with Crippen LogP contribution in [0.25, 0.3) is 0 Å². The molecule has 1 aliphatic heterocycles. The maximum Gasteiger partial charge on any atom is 0.325 e. The van der Waals surface area contributed by atoms with Crippen LogP contribution in [-0.4, -0.2) is 49.2 Å². The van der Waals surface area contributed by atoms with Crippen LogP contribution < -0.4 is 5.32 Å². The van der Waals surface area contributed by atoms with Crippen molar-refractivity contribution in [3.8, 4) is 0 Å². The molecule has 2 aliphatic rings. The summed E-state index contributed by atoms with van der Waals surface area (Å²) in [6.07, 6.45) is 7.17. The van der Waals surface area contributed by atoms with E-state index in [2.05, 4.69) is 10.2 Å². The number of hydrogen-bond donors (Lipinski definition) is 1. The lowest BCUT2D eigenvalue weighted by Gasteiger charge is -2.33. The smallest absolute Gasteiger partial charge is 0.325 e. The molecule has 0 bridgehead atoms. The van der Waals surface area contributed by atoms with E-state index in [4.69, 9.17) is 4.74 Å². The predicted octanol–water partition coefficient (Wildman–Crippen LogP) is 1.55. The van der Waals surface area contributed by atoms with Gasteiger partial charge in [0.05, 0.1) is 7.11 Å². The molecule has 1 unspecified atom stereocenters. The highest BCUT2D eigenvalue weighted by Gasteiger charge is 2.39. The zero-order valence-electron chi connectivity index (χ0n) is 11.7. The van der Waals surface area contributed by atoms with E-state index >= 15 is 0 Å². The van der Waals surface area contributed by atoms with Crippen molar-refractivity contribution < 1.29 is 9.53 Å². The molecule has 0 spiro atoms. The number of likely N-dealkylation sites (tertiary alicyclic amines) is 1. The van der Waals surface area contributed by atoms with Gasteiger partial charge in [0.2, 0.25) is 0 Å². The Hall–Kier alpha value is -0.610. The van der Waals surface area contributed by atoms with Gasteiger partial charge in [-0.05, 0) is 52.1 Å². The number of rotatable bonds is 6. The first kappa shape index (κ1) is 13.8. The van der Waals surface area contributed by atoms with Gasteiger partial charge in [0.1, 0.15) is 5.54 Å². The van der Waals surface area contributed by atoms with Crippen molar-refractivity contribution in [2.24, 2.45) is 0 Å². The number of ether oxygens (including phenoxy) is 1. The first-order valence-electron chi connectivity index (χ1n) is 7.22. The molecule has 1 aliphatic carbocycles. The summed E-state index contributed by atoms with van der Waals surface area (Å²) in [5, 5.41) is 3.46. The highest BCUT2D eigenvalue weighted by atomic mass is 16.5. The molecule has 18 heavy (non-hydrogen) atoms. The van der Waals surface area contributed by atoms with Gasteiger partial charge >= 0.3 is 5.97 Å². The maximum atomic E-state index is 12.0. The van der Waals surface area contributed by atoms with Crippen molar-refractivity contribution in [3.63, 3.8) is 0 Å². The van der Waals surface area contributed by atoms with Crippen LogP contribution in [-0.2, 0) is 9.53 Å². The van der Waals surface area contributed by atoms with E-state index in [1.54, 1.807) is 0 Å². The average molecular weight is 254 g/mol. The van der Waals surface area contributed by atoms with Gasteiger partial charge in [0, 0.05) is 12.6 Å². The van der Waals surface area contributed by atoms with Gasteiger partial charge in [-0.1, -0.05) is 6.42 Å². The van der Waals surface area contributed by atoms with Crippen molar-refractivity contribution in [2.45, 2.75) is 57.0 Å². The van der Waals surface area contributed by atoms with E-state index in [0.29, 0.717) is 6.04 Å². The Morgan fingerprint density at radius 1 is 1.33 bits per heavy atom. The molecular weight excluding hydrogens is 228 g/mol. The van der Waals surface area contributed by atoms with E-state index in [1.807, 2.05) is 6.92 Å². The Kier molecular flexibility index (Phi) is 4.62. The first-order chi connectivity index (χ1) is 8.64. The molecule has 1 N–H and O–H groups in total. The monoisotopic (exact) mass is 254 g/mol. The summed E-state index contributed by atoms with van der Waals surface area (Å²) < 4.78 is 4.96. The summed E-state index contributed by atoms with van der Waals surface area (Å²) in [5.74, 6) is -0.119. The van der Waals surface area contributed by atoms with Crippen LogP contribution >= 0.6 is 0 Å². The summed E-state index contributed by atoms with van der Waals surface area (Å²) in [7, 11) is 1.48. The molecule has 0 radical (unpaired) electrons. The third kappa shape index (κ3) is 3.69. The normalized spacial score (nSPS) is 24.6. The second kappa shape index (κ2) is 6.02. The van der Waals surface area contributed by atoms with Crippen LogP contribution in [0.2, 0.25) is 0 Å². The molecule has 1 atom stereocenters. The van der Waals surface area contributed by atoms with Crippen LogP contribution in [0.4, 0.5) is 0 Å². The van der Waals surface area contributed by atoms with Crippen molar-refractivity contribution in [2.75, 3.05) is 26.7 Å². The molecule has 0 amide bonds. The van der Waals surface area contributed by atoms with Gasteiger partial charge in [-0.25, -0.2) is 0 Å². The number of nitrogens with zero attached hydrogens (tertiary/aromatic N) is 1.